The second kappa shape index (κ2) is 7.92. The Morgan fingerprint density at radius 2 is 2.06 bits per heavy atom. The maximum atomic E-state index is 10.3. The van der Waals surface area contributed by atoms with Crippen LogP contribution >= 0.6 is 11.8 Å². The highest BCUT2D eigenvalue weighted by molar-refractivity contribution is 7.99. The molecule has 4 aromatic rings. The van der Waals surface area contributed by atoms with Gasteiger partial charge < -0.3 is 10.4 Å². The Hall–Kier alpha value is -3.00. The Kier molecular flexibility index (Phi) is 5.10. The maximum Gasteiger partial charge on any atom is 0.170 e. The number of hydrogen-bond donors (Lipinski definition) is 2. The van der Waals surface area contributed by atoms with Gasteiger partial charge in [-0.15, -0.1) is 0 Å². The first-order chi connectivity index (χ1) is 15.0. The van der Waals surface area contributed by atoms with Gasteiger partial charge in [-0.1, -0.05) is 47.6 Å². The fraction of sp³-hybridized carbons (Fsp3) is 0.261. The molecule has 1 aliphatic rings. The molecular formula is C23H22BN5OS. The van der Waals surface area contributed by atoms with Crippen molar-refractivity contribution in [2.24, 2.45) is 0 Å². The average Bonchev–Trinajstić information content (AvgIpc) is 3.29. The predicted octanol–water partition coefficient (Wildman–Crippen LogP) is 3.62. The molecule has 2 aromatic carbocycles. The van der Waals surface area contributed by atoms with E-state index in [4.69, 9.17) is 12.8 Å². The van der Waals surface area contributed by atoms with Crippen molar-refractivity contribution in [1.82, 2.24) is 19.5 Å². The van der Waals surface area contributed by atoms with Crippen LogP contribution in [0.1, 0.15) is 24.4 Å². The Morgan fingerprint density at radius 1 is 1.19 bits per heavy atom. The smallest absolute Gasteiger partial charge is 0.170 e. The molecule has 0 saturated heterocycles. The molecule has 1 atom stereocenters. The van der Waals surface area contributed by atoms with Crippen molar-refractivity contribution in [1.29, 1.82) is 0 Å². The quantitative estimate of drug-likeness (QED) is 0.474. The first-order valence-electron chi connectivity index (χ1n) is 10.3. The van der Waals surface area contributed by atoms with Crippen LogP contribution in [0.15, 0.2) is 47.6 Å². The number of nitrogens with one attached hydrogen (secondary N) is 1. The molecule has 0 amide bonds. The fourth-order valence-corrected chi connectivity index (χ4v) is 5.06. The van der Waals surface area contributed by atoms with Crippen LogP contribution < -0.4 is 10.8 Å². The zero-order valence-corrected chi connectivity index (χ0v) is 18.3. The minimum atomic E-state index is 0.245. The summed E-state index contributed by atoms with van der Waals surface area (Å²) < 4.78 is 2.21. The topological polar surface area (TPSA) is 75.9 Å². The average molecular weight is 427 g/mol. The largest absolute Gasteiger partial charge is 0.507 e. The lowest BCUT2D eigenvalue weighted by Gasteiger charge is -2.11. The lowest BCUT2D eigenvalue weighted by Crippen LogP contribution is -2.09. The fourth-order valence-electron chi connectivity index (χ4n) is 3.96. The summed E-state index contributed by atoms with van der Waals surface area (Å²) in [6.45, 7) is 4.80. The molecule has 3 heterocycles. The number of fused-ring (bicyclic) bond motifs is 3. The van der Waals surface area contributed by atoms with Crippen LogP contribution in [0, 0.1) is 6.92 Å². The maximum absolute atomic E-state index is 10.3. The SMILES string of the molecule is [B]c1cccc(-c2cc(CCNc3nc(C)nc4c3nc3n4[C@@H](C)CS3)ccc2O)c1. The van der Waals surface area contributed by atoms with Crippen LogP contribution in [0.2, 0.25) is 0 Å². The van der Waals surface area contributed by atoms with E-state index in [0.717, 1.165) is 56.8 Å². The number of rotatable bonds is 5. The first kappa shape index (κ1) is 19.9. The van der Waals surface area contributed by atoms with E-state index in [1.165, 1.54) is 0 Å². The number of phenolic OH excluding ortho intramolecular Hbond substituents is 1. The van der Waals surface area contributed by atoms with E-state index in [2.05, 4.69) is 26.8 Å². The van der Waals surface area contributed by atoms with Crippen LogP contribution in [-0.2, 0) is 6.42 Å². The van der Waals surface area contributed by atoms with Crippen LogP contribution in [0.4, 0.5) is 5.82 Å². The van der Waals surface area contributed by atoms with Gasteiger partial charge >= 0.3 is 0 Å². The third-order valence-corrected chi connectivity index (χ3v) is 6.67. The summed E-state index contributed by atoms with van der Waals surface area (Å²) >= 11 is 1.76. The van der Waals surface area contributed by atoms with Crippen molar-refractivity contribution in [3.63, 3.8) is 0 Å². The molecule has 0 fully saturated rings. The summed E-state index contributed by atoms with van der Waals surface area (Å²) in [6, 6.07) is 13.6. The van der Waals surface area contributed by atoms with Gasteiger partial charge in [0.25, 0.3) is 0 Å². The Morgan fingerprint density at radius 3 is 2.90 bits per heavy atom. The molecule has 154 valence electrons. The van der Waals surface area contributed by atoms with E-state index in [1.807, 2.05) is 43.3 Å². The van der Waals surface area contributed by atoms with E-state index in [1.54, 1.807) is 17.8 Å². The monoisotopic (exact) mass is 427 g/mol. The van der Waals surface area contributed by atoms with Crippen molar-refractivity contribution >= 4 is 42.1 Å². The van der Waals surface area contributed by atoms with E-state index >= 15 is 0 Å². The zero-order chi connectivity index (χ0) is 21.5. The van der Waals surface area contributed by atoms with Gasteiger partial charge in [0, 0.05) is 23.9 Å². The minimum absolute atomic E-state index is 0.245. The zero-order valence-electron chi connectivity index (χ0n) is 17.5. The molecule has 2 aromatic heterocycles. The molecule has 0 bridgehead atoms. The molecule has 0 saturated carbocycles. The molecule has 1 aliphatic heterocycles. The van der Waals surface area contributed by atoms with Crippen LogP contribution in [0.25, 0.3) is 22.3 Å². The van der Waals surface area contributed by atoms with E-state index in [-0.39, 0.29) is 5.75 Å². The van der Waals surface area contributed by atoms with Gasteiger partial charge in [-0.05, 0) is 43.5 Å². The van der Waals surface area contributed by atoms with Gasteiger partial charge in [0.05, 0.1) is 0 Å². The molecule has 0 unspecified atom stereocenters. The summed E-state index contributed by atoms with van der Waals surface area (Å²) in [5.41, 5.74) is 5.19. The predicted molar refractivity (Wildman–Crippen MR) is 127 cm³/mol. The molecule has 5 rings (SSSR count). The number of phenols is 1. The lowest BCUT2D eigenvalue weighted by molar-refractivity contribution is 0.477. The Labute approximate surface area is 186 Å². The number of anilines is 1. The van der Waals surface area contributed by atoms with E-state index in [9.17, 15) is 5.11 Å². The number of imidazole rings is 1. The Balaban J connectivity index is 1.37. The second-order valence-electron chi connectivity index (χ2n) is 7.87. The van der Waals surface area contributed by atoms with E-state index in [0.29, 0.717) is 18.0 Å². The summed E-state index contributed by atoms with van der Waals surface area (Å²) in [4.78, 5) is 14.0. The van der Waals surface area contributed by atoms with Crippen molar-refractivity contribution in [3.05, 3.63) is 53.9 Å². The lowest BCUT2D eigenvalue weighted by atomic mass is 9.91. The van der Waals surface area contributed by atoms with Gasteiger partial charge in [-0.2, -0.15) is 0 Å². The van der Waals surface area contributed by atoms with Gasteiger partial charge in [0.1, 0.15) is 19.4 Å². The first-order valence-corrected chi connectivity index (χ1v) is 11.3. The number of thioether (sulfide) groups is 1. The number of hydrogen-bond acceptors (Lipinski definition) is 6. The van der Waals surface area contributed by atoms with Crippen molar-refractivity contribution in [2.75, 3.05) is 17.6 Å². The minimum Gasteiger partial charge on any atom is -0.507 e. The molecule has 0 aliphatic carbocycles. The highest BCUT2D eigenvalue weighted by Crippen LogP contribution is 2.37. The van der Waals surface area contributed by atoms with E-state index < -0.39 is 0 Å². The number of aromatic nitrogens is 4. The van der Waals surface area contributed by atoms with Gasteiger partial charge in [-0.3, -0.25) is 4.57 Å². The Bertz CT molecular complexity index is 1290. The molecular weight excluding hydrogens is 405 g/mol. The molecule has 2 radical (unpaired) electrons. The number of nitrogens with zero attached hydrogens (tertiary/aromatic N) is 4. The van der Waals surface area contributed by atoms with Crippen molar-refractivity contribution in [3.8, 4) is 16.9 Å². The van der Waals surface area contributed by atoms with Crippen molar-refractivity contribution < 1.29 is 5.11 Å². The highest BCUT2D eigenvalue weighted by atomic mass is 32.2. The van der Waals surface area contributed by atoms with Crippen molar-refractivity contribution in [2.45, 2.75) is 31.5 Å². The second-order valence-corrected chi connectivity index (χ2v) is 8.86. The molecule has 8 heteroatoms. The van der Waals surface area contributed by atoms with Crippen LogP contribution in [0.3, 0.4) is 0 Å². The van der Waals surface area contributed by atoms with Gasteiger partial charge in [0.15, 0.2) is 22.1 Å². The molecule has 2 N–H and O–H groups in total. The summed E-state index contributed by atoms with van der Waals surface area (Å²) in [5.74, 6) is 2.78. The molecule has 6 nitrogen and oxygen atoms in total. The number of aryl methyl sites for hydroxylation is 1. The van der Waals surface area contributed by atoms with Gasteiger partial charge in [0.2, 0.25) is 0 Å². The summed E-state index contributed by atoms with van der Waals surface area (Å²) in [7, 11) is 5.91. The number of benzene rings is 2. The highest BCUT2D eigenvalue weighted by Gasteiger charge is 2.26. The molecule has 31 heavy (non-hydrogen) atoms. The van der Waals surface area contributed by atoms with Crippen LogP contribution in [-0.4, -0.2) is 44.8 Å². The standard InChI is InChI=1S/C23H22BN5OS/c1-13-12-31-23-28-20-21(26-14(2)27-22(20)29(13)23)25-9-8-15-6-7-19(30)18(10-15)16-4-3-5-17(24)11-16/h3-7,10-11,13,30H,8-9,12H2,1-2H3,(H,25,26,27)/t13-/m0/s1. The summed E-state index contributed by atoms with van der Waals surface area (Å²) in [6.07, 6.45) is 0.777. The van der Waals surface area contributed by atoms with Crippen LogP contribution in [0.5, 0.6) is 5.75 Å². The number of aromatic hydroxyl groups is 1. The molecule has 0 spiro atoms. The normalized spacial score (nSPS) is 15.4. The van der Waals surface area contributed by atoms with Gasteiger partial charge in [-0.25, -0.2) is 15.0 Å². The third kappa shape index (κ3) is 3.76. The third-order valence-electron chi connectivity index (χ3n) is 5.48. The summed E-state index contributed by atoms with van der Waals surface area (Å²) in [5, 5.41) is 14.8.